The van der Waals surface area contributed by atoms with Gasteiger partial charge in [0.25, 0.3) is 0 Å². The Hall–Kier alpha value is -0.690. The van der Waals surface area contributed by atoms with Gasteiger partial charge in [0.1, 0.15) is 0 Å². The molecule has 0 heterocycles. The van der Waals surface area contributed by atoms with Gasteiger partial charge >= 0.3 is 0 Å². The molecule has 0 N–H and O–H groups in total. The maximum absolute atomic E-state index is 2.39. The average molecular weight is 204 g/mol. The van der Waals surface area contributed by atoms with Gasteiger partial charge in [0.05, 0.1) is 0 Å². The van der Waals surface area contributed by atoms with Gasteiger partial charge in [-0.1, -0.05) is 30.4 Å². The Morgan fingerprint density at radius 1 is 1.21 bits per heavy atom. The van der Waals surface area contributed by atoms with Gasteiger partial charge in [-0.25, -0.2) is 0 Å². The van der Waals surface area contributed by atoms with E-state index in [0.717, 1.165) is 5.92 Å². The van der Waals surface area contributed by atoms with E-state index in [9.17, 15) is 0 Å². The summed E-state index contributed by atoms with van der Waals surface area (Å²) < 4.78 is 0. The third-order valence-corrected chi connectivity index (χ3v) is 3.76. The SMILES string of the molecule is C1=CC(CSc2ccccc2)CCC1. The number of hydrogen-bond acceptors (Lipinski definition) is 1. The predicted octanol–water partition coefficient (Wildman–Crippen LogP) is 4.14. The summed E-state index contributed by atoms with van der Waals surface area (Å²) in [6.07, 6.45) is 8.75. The van der Waals surface area contributed by atoms with Crippen molar-refractivity contribution in [2.24, 2.45) is 5.92 Å². The maximum atomic E-state index is 2.39. The zero-order chi connectivity index (χ0) is 9.64. The van der Waals surface area contributed by atoms with Crippen molar-refractivity contribution in [3.63, 3.8) is 0 Å². The van der Waals surface area contributed by atoms with E-state index >= 15 is 0 Å². The van der Waals surface area contributed by atoms with E-state index in [2.05, 4.69) is 42.5 Å². The van der Waals surface area contributed by atoms with E-state index in [1.165, 1.54) is 29.9 Å². The molecule has 0 radical (unpaired) electrons. The second kappa shape index (κ2) is 5.26. The molecule has 2 rings (SSSR count). The number of thioether (sulfide) groups is 1. The third kappa shape index (κ3) is 2.91. The van der Waals surface area contributed by atoms with Crippen LogP contribution in [-0.4, -0.2) is 5.75 Å². The lowest BCUT2D eigenvalue weighted by molar-refractivity contribution is 0.592. The first kappa shape index (κ1) is 9.85. The molecule has 0 amide bonds. The van der Waals surface area contributed by atoms with E-state index < -0.39 is 0 Å². The quantitative estimate of drug-likeness (QED) is 0.527. The highest BCUT2D eigenvalue weighted by Crippen LogP contribution is 2.25. The summed E-state index contributed by atoms with van der Waals surface area (Å²) in [6.45, 7) is 0. The summed E-state index contributed by atoms with van der Waals surface area (Å²) in [5.74, 6) is 2.04. The van der Waals surface area contributed by atoms with E-state index in [1.807, 2.05) is 11.8 Å². The molecule has 0 saturated carbocycles. The largest absolute Gasteiger partial charge is 0.126 e. The molecule has 0 bridgehead atoms. The fourth-order valence-corrected chi connectivity index (χ4v) is 2.78. The molecule has 1 aliphatic carbocycles. The summed E-state index contributed by atoms with van der Waals surface area (Å²) in [6, 6.07) is 10.7. The van der Waals surface area contributed by atoms with Crippen molar-refractivity contribution in [1.29, 1.82) is 0 Å². The molecule has 14 heavy (non-hydrogen) atoms. The summed E-state index contributed by atoms with van der Waals surface area (Å²) in [7, 11) is 0. The normalized spacial score (nSPS) is 21.0. The molecule has 1 atom stereocenters. The minimum Gasteiger partial charge on any atom is -0.126 e. The van der Waals surface area contributed by atoms with Crippen molar-refractivity contribution < 1.29 is 0 Å². The van der Waals surface area contributed by atoms with Crippen LogP contribution in [0.25, 0.3) is 0 Å². The van der Waals surface area contributed by atoms with Crippen molar-refractivity contribution in [2.45, 2.75) is 24.2 Å². The Bertz CT molecular complexity index is 289. The van der Waals surface area contributed by atoms with Crippen LogP contribution in [-0.2, 0) is 0 Å². The molecule has 74 valence electrons. The Kier molecular flexibility index (Phi) is 3.70. The van der Waals surface area contributed by atoms with Crippen LogP contribution in [0, 0.1) is 5.92 Å². The summed E-state index contributed by atoms with van der Waals surface area (Å²) in [4.78, 5) is 1.39. The molecule has 0 spiro atoms. The zero-order valence-electron chi connectivity index (χ0n) is 8.36. The van der Waals surface area contributed by atoms with E-state index in [4.69, 9.17) is 0 Å². The van der Waals surface area contributed by atoms with E-state index in [0.29, 0.717) is 0 Å². The van der Waals surface area contributed by atoms with E-state index in [1.54, 1.807) is 0 Å². The highest BCUT2D eigenvalue weighted by Gasteiger charge is 2.08. The molecule has 1 aromatic rings. The fraction of sp³-hybridized carbons (Fsp3) is 0.385. The first-order valence-corrected chi connectivity index (χ1v) is 6.28. The molecule has 0 saturated heterocycles. The number of hydrogen-bond donors (Lipinski definition) is 0. The number of allylic oxidation sites excluding steroid dienone is 2. The van der Waals surface area contributed by atoms with Gasteiger partial charge in [-0.15, -0.1) is 11.8 Å². The first-order valence-electron chi connectivity index (χ1n) is 5.29. The lowest BCUT2D eigenvalue weighted by atomic mass is 9.98. The van der Waals surface area contributed by atoms with Crippen LogP contribution in [0.4, 0.5) is 0 Å². The van der Waals surface area contributed by atoms with Gasteiger partial charge in [0, 0.05) is 10.6 Å². The standard InChI is InChI=1S/C13H16S/c1-3-7-12(8-4-1)11-14-13-9-5-2-6-10-13/h2-3,5-7,9-10,12H,1,4,8,11H2. The van der Waals surface area contributed by atoms with Crippen molar-refractivity contribution >= 4 is 11.8 Å². The fourth-order valence-electron chi connectivity index (χ4n) is 1.74. The van der Waals surface area contributed by atoms with Crippen LogP contribution >= 0.6 is 11.8 Å². The molecule has 0 aromatic heterocycles. The van der Waals surface area contributed by atoms with Crippen molar-refractivity contribution in [3.8, 4) is 0 Å². The minimum atomic E-state index is 0.800. The van der Waals surface area contributed by atoms with Crippen LogP contribution < -0.4 is 0 Å². The molecule has 0 aliphatic heterocycles. The van der Waals surface area contributed by atoms with Crippen LogP contribution in [0.1, 0.15) is 19.3 Å². The maximum Gasteiger partial charge on any atom is 0.00721 e. The van der Waals surface area contributed by atoms with Gasteiger partial charge in [-0.3, -0.25) is 0 Å². The first-order chi connectivity index (χ1) is 6.95. The Balaban J connectivity index is 1.82. The monoisotopic (exact) mass is 204 g/mol. The summed E-state index contributed by atoms with van der Waals surface area (Å²) in [5, 5.41) is 0. The highest BCUT2D eigenvalue weighted by atomic mass is 32.2. The molecular formula is C13H16S. The Morgan fingerprint density at radius 2 is 2.07 bits per heavy atom. The Morgan fingerprint density at radius 3 is 2.79 bits per heavy atom. The molecular weight excluding hydrogens is 188 g/mol. The van der Waals surface area contributed by atoms with E-state index in [-0.39, 0.29) is 0 Å². The topological polar surface area (TPSA) is 0 Å². The second-order valence-electron chi connectivity index (χ2n) is 3.74. The summed E-state index contributed by atoms with van der Waals surface area (Å²) >= 11 is 1.98. The number of benzene rings is 1. The lowest BCUT2D eigenvalue weighted by Gasteiger charge is -2.15. The minimum absolute atomic E-state index is 0.800. The highest BCUT2D eigenvalue weighted by molar-refractivity contribution is 7.99. The molecule has 1 unspecified atom stereocenters. The second-order valence-corrected chi connectivity index (χ2v) is 4.84. The van der Waals surface area contributed by atoms with Gasteiger partial charge in [-0.2, -0.15) is 0 Å². The van der Waals surface area contributed by atoms with Gasteiger partial charge in [0.15, 0.2) is 0 Å². The van der Waals surface area contributed by atoms with Crippen LogP contribution in [0.2, 0.25) is 0 Å². The molecule has 1 aromatic carbocycles. The third-order valence-electron chi connectivity index (χ3n) is 2.56. The molecule has 1 aliphatic rings. The summed E-state index contributed by atoms with van der Waals surface area (Å²) in [5.41, 5.74) is 0. The zero-order valence-corrected chi connectivity index (χ0v) is 9.17. The molecule has 0 nitrogen and oxygen atoms in total. The van der Waals surface area contributed by atoms with Gasteiger partial charge in [-0.05, 0) is 37.3 Å². The van der Waals surface area contributed by atoms with Crippen LogP contribution in [0.5, 0.6) is 0 Å². The Labute approximate surface area is 90.4 Å². The van der Waals surface area contributed by atoms with Crippen molar-refractivity contribution in [1.82, 2.24) is 0 Å². The molecule has 0 fully saturated rings. The van der Waals surface area contributed by atoms with Gasteiger partial charge in [0.2, 0.25) is 0 Å². The number of rotatable bonds is 3. The van der Waals surface area contributed by atoms with Gasteiger partial charge < -0.3 is 0 Å². The van der Waals surface area contributed by atoms with Crippen LogP contribution in [0.3, 0.4) is 0 Å². The van der Waals surface area contributed by atoms with Crippen LogP contribution in [0.15, 0.2) is 47.4 Å². The van der Waals surface area contributed by atoms with Crippen molar-refractivity contribution in [3.05, 3.63) is 42.5 Å². The molecule has 1 heteroatoms. The predicted molar refractivity (Wildman–Crippen MR) is 63.6 cm³/mol. The van der Waals surface area contributed by atoms with Crippen molar-refractivity contribution in [2.75, 3.05) is 5.75 Å². The smallest absolute Gasteiger partial charge is 0.00721 e. The lowest BCUT2D eigenvalue weighted by Crippen LogP contribution is -2.03. The average Bonchev–Trinajstić information content (AvgIpc) is 2.29.